The zero-order chi connectivity index (χ0) is 9.40. The minimum atomic E-state index is 0.163. The van der Waals surface area contributed by atoms with E-state index in [1.54, 1.807) is 0 Å². The number of hydrogen-bond acceptors (Lipinski definition) is 3. The minimum Gasteiger partial charge on any atom is -0.396 e. The molecule has 1 unspecified atom stereocenters. The first-order valence-corrected chi connectivity index (χ1v) is 4.63. The fraction of sp³-hybridized carbons (Fsp3) is 1.00. The molecule has 0 aromatic carbocycles. The molecule has 0 radical (unpaired) electrons. The molecule has 0 spiro atoms. The molecule has 0 aliphatic rings. The number of nitrogens with two attached hydrogens (primary N) is 1. The van der Waals surface area contributed by atoms with Gasteiger partial charge >= 0.3 is 0 Å². The van der Waals surface area contributed by atoms with Gasteiger partial charge in [-0.3, -0.25) is 0 Å². The summed E-state index contributed by atoms with van der Waals surface area (Å²) in [7, 11) is 0. The van der Waals surface area contributed by atoms with Gasteiger partial charge < -0.3 is 15.6 Å². The van der Waals surface area contributed by atoms with Crippen molar-refractivity contribution in [1.29, 1.82) is 0 Å². The van der Waals surface area contributed by atoms with E-state index in [9.17, 15) is 0 Å². The van der Waals surface area contributed by atoms with Crippen LogP contribution in [0.1, 0.15) is 26.7 Å². The van der Waals surface area contributed by atoms with Crippen LogP contribution in [0.3, 0.4) is 0 Å². The average Bonchev–Trinajstić information content (AvgIpc) is 2.02. The third kappa shape index (κ3) is 6.58. The van der Waals surface area contributed by atoms with Crippen LogP contribution >= 0.6 is 0 Å². The maximum atomic E-state index is 8.52. The lowest BCUT2D eigenvalue weighted by atomic mass is 10.1. The van der Waals surface area contributed by atoms with E-state index in [0.29, 0.717) is 25.5 Å². The Hall–Kier alpha value is -0.120. The number of rotatable bonds is 7. The van der Waals surface area contributed by atoms with Gasteiger partial charge in [0.25, 0.3) is 0 Å². The number of ether oxygens (including phenoxy) is 1. The van der Waals surface area contributed by atoms with Gasteiger partial charge in [0, 0.05) is 19.8 Å². The molecule has 1 atom stereocenters. The van der Waals surface area contributed by atoms with Crippen LogP contribution in [0.15, 0.2) is 0 Å². The predicted molar refractivity (Wildman–Crippen MR) is 50.0 cm³/mol. The highest BCUT2D eigenvalue weighted by molar-refractivity contribution is 4.60. The molecule has 0 aliphatic carbocycles. The second-order valence-electron chi connectivity index (χ2n) is 3.44. The molecular formula is C9H21NO2. The molecule has 0 fully saturated rings. The SMILES string of the molecule is CC(C)CC(CN)OCCCO. The van der Waals surface area contributed by atoms with Crippen LogP contribution in [0.4, 0.5) is 0 Å². The molecule has 0 bridgehead atoms. The number of aliphatic hydroxyl groups is 1. The molecule has 0 amide bonds. The van der Waals surface area contributed by atoms with Gasteiger partial charge in [0.1, 0.15) is 0 Å². The summed E-state index contributed by atoms with van der Waals surface area (Å²) in [5.41, 5.74) is 5.52. The Morgan fingerprint density at radius 2 is 2.08 bits per heavy atom. The van der Waals surface area contributed by atoms with Gasteiger partial charge in [0.2, 0.25) is 0 Å². The summed E-state index contributed by atoms with van der Waals surface area (Å²) >= 11 is 0. The summed E-state index contributed by atoms with van der Waals surface area (Å²) in [6, 6.07) is 0. The first-order valence-electron chi connectivity index (χ1n) is 4.63. The van der Waals surface area contributed by atoms with Crippen molar-refractivity contribution in [1.82, 2.24) is 0 Å². The summed E-state index contributed by atoms with van der Waals surface area (Å²) in [5, 5.41) is 8.52. The van der Waals surface area contributed by atoms with E-state index in [1.165, 1.54) is 0 Å². The zero-order valence-corrected chi connectivity index (χ0v) is 8.12. The second-order valence-corrected chi connectivity index (χ2v) is 3.44. The van der Waals surface area contributed by atoms with Gasteiger partial charge in [0.05, 0.1) is 6.10 Å². The van der Waals surface area contributed by atoms with Crippen molar-refractivity contribution in [2.45, 2.75) is 32.8 Å². The minimum absolute atomic E-state index is 0.163. The Labute approximate surface area is 74.9 Å². The number of hydrogen-bond donors (Lipinski definition) is 2. The number of aliphatic hydroxyl groups excluding tert-OH is 1. The van der Waals surface area contributed by atoms with Crippen LogP contribution in [-0.2, 0) is 4.74 Å². The van der Waals surface area contributed by atoms with Gasteiger partial charge in [-0.15, -0.1) is 0 Å². The maximum Gasteiger partial charge on any atom is 0.0699 e. The summed E-state index contributed by atoms with van der Waals surface area (Å²) in [5.74, 6) is 0.618. The van der Waals surface area contributed by atoms with Crippen LogP contribution in [0, 0.1) is 5.92 Å². The lowest BCUT2D eigenvalue weighted by Crippen LogP contribution is -2.26. The molecule has 3 heteroatoms. The Morgan fingerprint density at radius 1 is 1.42 bits per heavy atom. The van der Waals surface area contributed by atoms with Gasteiger partial charge in [-0.1, -0.05) is 13.8 Å². The smallest absolute Gasteiger partial charge is 0.0699 e. The van der Waals surface area contributed by atoms with Crippen LogP contribution in [-0.4, -0.2) is 31.0 Å². The fourth-order valence-electron chi connectivity index (χ4n) is 1.07. The van der Waals surface area contributed by atoms with E-state index in [0.717, 1.165) is 6.42 Å². The molecular weight excluding hydrogens is 154 g/mol. The average molecular weight is 175 g/mol. The van der Waals surface area contributed by atoms with Crippen molar-refractivity contribution in [2.24, 2.45) is 11.7 Å². The molecule has 74 valence electrons. The van der Waals surface area contributed by atoms with E-state index >= 15 is 0 Å². The van der Waals surface area contributed by atoms with Gasteiger partial charge in [-0.05, 0) is 18.8 Å². The molecule has 0 heterocycles. The van der Waals surface area contributed by atoms with Gasteiger partial charge in [0.15, 0.2) is 0 Å². The second kappa shape index (κ2) is 7.53. The highest BCUT2D eigenvalue weighted by atomic mass is 16.5. The van der Waals surface area contributed by atoms with E-state index < -0.39 is 0 Å². The standard InChI is InChI=1S/C9H21NO2/c1-8(2)6-9(7-10)12-5-3-4-11/h8-9,11H,3-7,10H2,1-2H3. The lowest BCUT2D eigenvalue weighted by molar-refractivity contribution is 0.0369. The largest absolute Gasteiger partial charge is 0.396 e. The van der Waals surface area contributed by atoms with Crippen molar-refractivity contribution in [3.63, 3.8) is 0 Å². The van der Waals surface area contributed by atoms with Crippen molar-refractivity contribution < 1.29 is 9.84 Å². The van der Waals surface area contributed by atoms with Crippen molar-refractivity contribution >= 4 is 0 Å². The van der Waals surface area contributed by atoms with Crippen LogP contribution in [0.2, 0.25) is 0 Å². The van der Waals surface area contributed by atoms with Gasteiger partial charge in [-0.25, -0.2) is 0 Å². The van der Waals surface area contributed by atoms with Crippen LogP contribution in [0.5, 0.6) is 0 Å². The quantitative estimate of drug-likeness (QED) is 0.562. The topological polar surface area (TPSA) is 55.5 Å². The van der Waals surface area contributed by atoms with Crippen molar-refractivity contribution in [3.8, 4) is 0 Å². The van der Waals surface area contributed by atoms with Gasteiger partial charge in [-0.2, -0.15) is 0 Å². The van der Waals surface area contributed by atoms with Crippen molar-refractivity contribution in [3.05, 3.63) is 0 Å². The lowest BCUT2D eigenvalue weighted by Gasteiger charge is -2.17. The highest BCUT2D eigenvalue weighted by Gasteiger charge is 2.08. The molecule has 3 nitrogen and oxygen atoms in total. The summed E-state index contributed by atoms with van der Waals surface area (Å²) in [6.07, 6.45) is 1.87. The fourth-order valence-corrected chi connectivity index (χ4v) is 1.07. The van der Waals surface area contributed by atoms with E-state index in [2.05, 4.69) is 13.8 Å². The summed E-state index contributed by atoms with van der Waals surface area (Å²) < 4.78 is 5.46. The normalized spacial score (nSPS) is 13.8. The first kappa shape index (κ1) is 11.9. The Balaban J connectivity index is 3.39. The summed E-state index contributed by atoms with van der Waals surface area (Å²) in [4.78, 5) is 0. The van der Waals surface area contributed by atoms with Crippen molar-refractivity contribution in [2.75, 3.05) is 19.8 Å². The Morgan fingerprint density at radius 3 is 2.50 bits per heavy atom. The highest BCUT2D eigenvalue weighted by Crippen LogP contribution is 2.07. The van der Waals surface area contributed by atoms with Crippen LogP contribution < -0.4 is 5.73 Å². The maximum absolute atomic E-state index is 8.52. The Kier molecular flexibility index (Phi) is 7.45. The molecule has 0 aliphatic heterocycles. The third-order valence-corrected chi connectivity index (χ3v) is 1.65. The molecule has 0 saturated carbocycles. The predicted octanol–water partition coefficient (Wildman–Crippen LogP) is 0.759. The first-order chi connectivity index (χ1) is 5.70. The summed E-state index contributed by atoms with van der Waals surface area (Å²) in [6.45, 7) is 5.68. The van der Waals surface area contributed by atoms with E-state index in [-0.39, 0.29) is 12.7 Å². The molecule has 0 rings (SSSR count). The molecule has 0 aromatic heterocycles. The zero-order valence-electron chi connectivity index (χ0n) is 8.12. The molecule has 12 heavy (non-hydrogen) atoms. The van der Waals surface area contributed by atoms with E-state index in [4.69, 9.17) is 15.6 Å². The van der Waals surface area contributed by atoms with E-state index in [1.807, 2.05) is 0 Å². The third-order valence-electron chi connectivity index (χ3n) is 1.65. The molecule has 0 saturated heterocycles. The molecule has 3 N–H and O–H groups in total. The van der Waals surface area contributed by atoms with Crippen LogP contribution in [0.25, 0.3) is 0 Å². The monoisotopic (exact) mass is 175 g/mol. The Bertz CT molecular complexity index is 96.5. The molecule has 0 aromatic rings.